The van der Waals surface area contributed by atoms with Crippen LogP contribution in [0.5, 0.6) is 0 Å². The molecule has 27 heavy (non-hydrogen) atoms. The second-order valence-corrected chi connectivity index (χ2v) is 6.23. The molecule has 0 amide bonds. The third-order valence-electron chi connectivity index (χ3n) is 4.13. The lowest BCUT2D eigenvalue weighted by Gasteiger charge is -2.01. The number of nitro groups is 1. The van der Waals surface area contributed by atoms with Gasteiger partial charge in [-0.2, -0.15) is 0 Å². The second kappa shape index (κ2) is 6.66. The molecule has 6 nitrogen and oxygen atoms in total. The van der Waals surface area contributed by atoms with E-state index in [1.807, 2.05) is 42.5 Å². The number of ether oxygens (including phenoxy) is 1. The molecule has 0 aromatic heterocycles. The van der Waals surface area contributed by atoms with Crippen LogP contribution < -0.4 is 0 Å². The first-order valence-corrected chi connectivity index (χ1v) is 8.35. The van der Waals surface area contributed by atoms with Gasteiger partial charge in [0.1, 0.15) is 5.02 Å². The van der Waals surface area contributed by atoms with E-state index in [1.165, 1.54) is 18.2 Å². The van der Waals surface area contributed by atoms with Gasteiger partial charge in [0.05, 0.1) is 4.92 Å². The zero-order valence-corrected chi connectivity index (χ0v) is 14.5. The Kier molecular flexibility index (Phi) is 4.18. The number of aliphatic imine (C=N–C) groups is 1. The standard InChI is InChI=1S/C20H11ClN2O4/c21-16-9-8-14(11-18(16)23(25)26)19-22-17(20(24)27-19)10-13-6-3-5-12-4-1-2-7-15(12)13/h1-11H. The van der Waals surface area contributed by atoms with Crippen molar-refractivity contribution in [3.8, 4) is 0 Å². The van der Waals surface area contributed by atoms with Gasteiger partial charge in [0, 0.05) is 11.6 Å². The highest BCUT2D eigenvalue weighted by molar-refractivity contribution is 6.32. The van der Waals surface area contributed by atoms with Crippen molar-refractivity contribution < 1.29 is 14.5 Å². The van der Waals surface area contributed by atoms with E-state index in [0.29, 0.717) is 5.56 Å². The van der Waals surface area contributed by atoms with Crippen LogP contribution in [0.3, 0.4) is 0 Å². The molecule has 3 aromatic carbocycles. The summed E-state index contributed by atoms with van der Waals surface area (Å²) in [5.41, 5.74) is 0.978. The zero-order chi connectivity index (χ0) is 19.0. The number of halogens is 1. The van der Waals surface area contributed by atoms with Crippen molar-refractivity contribution in [2.75, 3.05) is 0 Å². The average Bonchev–Trinajstić information content (AvgIpc) is 3.03. The van der Waals surface area contributed by atoms with Crippen molar-refractivity contribution in [1.82, 2.24) is 0 Å². The average molecular weight is 379 g/mol. The van der Waals surface area contributed by atoms with Crippen LogP contribution in [-0.2, 0) is 9.53 Å². The fourth-order valence-corrected chi connectivity index (χ4v) is 3.03. The van der Waals surface area contributed by atoms with Gasteiger partial charge in [0.2, 0.25) is 5.90 Å². The van der Waals surface area contributed by atoms with E-state index >= 15 is 0 Å². The predicted molar refractivity (Wildman–Crippen MR) is 103 cm³/mol. The summed E-state index contributed by atoms with van der Waals surface area (Å²) in [6.07, 6.45) is 1.64. The Labute approximate surface area is 158 Å². The van der Waals surface area contributed by atoms with E-state index in [9.17, 15) is 14.9 Å². The number of cyclic esters (lactones) is 1. The van der Waals surface area contributed by atoms with Crippen molar-refractivity contribution in [2.45, 2.75) is 0 Å². The first-order valence-electron chi connectivity index (χ1n) is 7.97. The van der Waals surface area contributed by atoms with E-state index < -0.39 is 10.9 Å². The van der Waals surface area contributed by atoms with Crippen molar-refractivity contribution in [3.63, 3.8) is 0 Å². The molecular weight excluding hydrogens is 368 g/mol. The lowest BCUT2D eigenvalue weighted by molar-refractivity contribution is -0.384. The maximum atomic E-state index is 12.2. The molecular formula is C20H11ClN2O4. The van der Waals surface area contributed by atoms with Crippen LogP contribution in [0.15, 0.2) is 71.4 Å². The Balaban J connectivity index is 1.76. The van der Waals surface area contributed by atoms with Gasteiger partial charge >= 0.3 is 5.97 Å². The minimum atomic E-state index is -0.615. The minimum absolute atomic E-state index is 0.000180. The van der Waals surface area contributed by atoms with Crippen LogP contribution in [0.4, 0.5) is 5.69 Å². The number of nitrogens with zero attached hydrogens (tertiary/aromatic N) is 2. The molecule has 0 bridgehead atoms. The van der Waals surface area contributed by atoms with Crippen LogP contribution in [0.1, 0.15) is 11.1 Å². The van der Waals surface area contributed by atoms with Crippen LogP contribution >= 0.6 is 11.6 Å². The predicted octanol–water partition coefficient (Wildman–Crippen LogP) is 4.75. The maximum absolute atomic E-state index is 12.2. The number of carbonyl (C=O) groups excluding carboxylic acids is 1. The molecule has 3 aromatic rings. The van der Waals surface area contributed by atoms with Crippen molar-refractivity contribution >= 4 is 46.0 Å². The highest BCUT2D eigenvalue weighted by Gasteiger charge is 2.26. The zero-order valence-electron chi connectivity index (χ0n) is 13.8. The minimum Gasteiger partial charge on any atom is -0.402 e. The van der Waals surface area contributed by atoms with Gasteiger partial charge in [0.15, 0.2) is 5.70 Å². The number of esters is 1. The number of hydrogen-bond donors (Lipinski definition) is 0. The van der Waals surface area contributed by atoms with E-state index in [0.717, 1.165) is 16.3 Å². The van der Waals surface area contributed by atoms with E-state index in [4.69, 9.17) is 16.3 Å². The number of rotatable bonds is 3. The molecule has 0 radical (unpaired) electrons. The molecule has 0 saturated heterocycles. The van der Waals surface area contributed by atoms with Gasteiger partial charge in [-0.15, -0.1) is 0 Å². The quantitative estimate of drug-likeness (QED) is 0.285. The maximum Gasteiger partial charge on any atom is 0.363 e. The monoisotopic (exact) mass is 378 g/mol. The van der Waals surface area contributed by atoms with Crippen LogP contribution in [-0.4, -0.2) is 16.8 Å². The summed E-state index contributed by atoms with van der Waals surface area (Å²) in [4.78, 5) is 26.9. The largest absolute Gasteiger partial charge is 0.402 e. The van der Waals surface area contributed by atoms with E-state index in [2.05, 4.69) is 4.99 Å². The Hall–Kier alpha value is -3.51. The smallest absolute Gasteiger partial charge is 0.363 e. The van der Waals surface area contributed by atoms with Gasteiger partial charge in [-0.05, 0) is 34.5 Å². The normalized spacial score (nSPS) is 15.1. The van der Waals surface area contributed by atoms with Crippen LogP contribution in [0.25, 0.3) is 16.8 Å². The van der Waals surface area contributed by atoms with Gasteiger partial charge in [-0.25, -0.2) is 9.79 Å². The molecule has 1 heterocycles. The summed E-state index contributed by atoms with van der Waals surface area (Å²) in [5, 5.41) is 13.1. The van der Waals surface area contributed by atoms with Crippen molar-refractivity contribution in [1.29, 1.82) is 0 Å². The van der Waals surface area contributed by atoms with Crippen LogP contribution in [0, 0.1) is 10.1 Å². The summed E-state index contributed by atoms with van der Waals surface area (Å²) in [5.74, 6) is -0.609. The SMILES string of the molecule is O=C1OC(c2ccc(Cl)c([N+](=O)[O-])c2)=NC1=Cc1cccc2ccccc12. The number of fused-ring (bicyclic) bond motifs is 1. The summed E-state index contributed by atoms with van der Waals surface area (Å²) < 4.78 is 5.20. The molecule has 0 fully saturated rings. The summed E-state index contributed by atoms with van der Waals surface area (Å²) in [6.45, 7) is 0. The lowest BCUT2D eigenvalue weighted by atomic mass is 10.0. The van der Waals surface area contributed by atoms with Gasteiger partial charge < -0.3 is 4.74 Å². The fraction of sp³-hybridized carbons (Fsp3) is 0. The molecule has 0 spiro atoms. The number of carbonyl (C=O) groups is 1. The van der Waals surface area contributed by atoms with Gasteiger partial charge in [-0.1, -0.05) is 54.1 Å². The molecule has 0 N–H and O–H groups in total. The molecule has 0 atom stereocenters. The first kappa shape index (κ1) is 16.9. The molecule has 0 saturated carbocycles. The Morgan fingerprint density at radius 3 is 2.67 bits per heavy atom. The fourth-order valence-electron chi connectivity index (χ4n) is 2.84. The molecule has 7 heteroatoms. The van der Waals surface area contributed by atoms with Gasteiger partial charge in [-0.3, -0.25) is 10.1 Å². The summed E-state index contributed by atoms with van der Waals surface area (Å²) >= 11 is 5.82. The molecule has 1 aliphatic rings. The Morgan fingerprint density at radius 1 is 1.07 bits per heavy atom. The molecule has 0 aliphatic carbocycles. The van der Waals surface area contributed by atoms with Crippen molar-refractivity contribution in [2.24, 2.45) is 4.99 Å². The third-order valence-corrected chi connectivity index (χ3v) is 4.45. The lowest BCUT2D eigenvalue weighted by Crippen LogP contribution is -2.06. The van der Waals surface area contributed by atoms with Crippen molar-refractivity contribution in [3.05, 3.63) is 92.6 Å². The molecule has 4 rings (SSSR count). The van der Waals surface area contributed by atoms with E-state index in [-0.39, 0.29) is 22.3 Å². The Bertz CT molecular complexity index is 1160. The first-order chi connectivity index (χ1) is 13.0. The van der Waals surface area contributed by atoms with Gasteiger partial charge in [0.25, 0.3) is 5.69 Å². The molecule has 1 aliphatic heterocycles. The van der Waals surface area contributed by atoms with Crippen LogP contribution in [0.2, 0.25) is 5.02 Å². The highest BCUT2D eigenvalue weighted by Crippen LogP contribution is 2.28. The number of nitro benzene ring substituents is 1. The molecule has 132 valence electrons. The second-order valence-electron chi connectivity index (χ2n) is 5.83. The summed E-state index contributed by atoms with van der Waals surface area (Å²) in [6, 6.07) is 17.7. The number of benzene rings is 3. The molecule has 0 unspecified atom stereocenters. The highest BCUT2D eigenvalue weighted by atomic mass is 35.5. The Morgan fingerprint density at radius 2 is 1.85 bits per heavy atom. The topological polar surface area (TPSA) is 81.8 Å². The number of hydrogen-bond acceptors (Lipinski definition) is 5. The third kappa shape index (κ3) is 3.18. The van der Waals surface area contributed by atoms with E-state index in [1.54, 1.807) is 6.08 Å². The summed E-state index contributed by atoms with van der Waals surface area (Å²) in [7, 11) is 0.